The minimum absolute atomic E-state index is 0.145. The Labute approximate surface area is 167 Å². The molecule has 3 heteroatoms. The maximum absolute atomic E-state index is 12.0. The Kier molecular flexibility index (Phi) is 6.90. The Bertz CT molecular complexity index is 890. The fraction of sp³-hybridized carbons (Fsp3) is 0.320. The molecule has 2 aromatic carbocycles. The highest BCUT2D eigenvalue weighted by atomic mass is 16.6. The minimum Gasteiger partial charge on any atom is -0.454 e. The topological polar surface area (TPSA) is 29.5 Å². The van der Waals surface area contributed by atoms with Gasteiger partial charge in [-0.2, -0.15) is 0 Å². The zero-order chi connectivity index (χ0) is 19.7. The average molecular weight is 371 g/mol. The van der Waals surface area contributed by atoms with Crippen LogP contribution in [0.25, 0.3) is 0 Å². The summed E-state index contributed by atoms with van der Waals surface area (Å²) in [6.07, 6.45) is 1.95. The Hall–Kier alpha value is -3.01. The summed E-state index contributed by atoms with van der Waals surface area (Å²) in [5, 5.41) is 0. The van der Waals surface area contributed by atoms with E-state index in [0.717, 1.165) is 37.1 Å². The van der Waals surface area contributed by atoms with Crippen molar-refractivity contribution in [3.8, 4) is 23.7 Å². The van der Waals surface area contributed by atoms with Crippen LogP contribution in [0, 0.1) is 23.7 Å². The number of ether oxygens (including phenoxy) is 1. The molecule has 0 unspecified atom stereocenters. The van der Waals surface area contributed by atoms with Crippen molar-refractivity contribution in [3.63, 3.8) is 0 Å². The summed E-state index contributed by atoms with van der Waals surface area (Å²) in [4.78, 5) is 14.3. The van der Waals surface area contributed by atoms with E-state index in [1.54, 1.807) is 0 Å². The maximum atomic E-state index is 12.0. The van der Waals surface area contributed by atoms with Crippen LogP contribution in [0.4, 0.5) is 0 Å². The van der Waals surface area contributed by atoms with Gasteiger partial charge in [-0.05, 0) is 29.5 Å². The van der Waals surface area contributed by atoms with E-state index < -0.39 is 5.60 Å². The van der Waals surface area contributed by atoms with Crippen LogP contribution in [0.3, 0.4) is 0 Å². The first-order valence-electron chi connectivity index (χ1n) is 9.75. The van der Waals surface area contributed by atoms with E-state index in [9.17, 15) is 4.79 Å². The van der Waals surface area contributed by atoms with Crippen LogP contribution in [-0.4, -0.2) is 30.5 Å². The monoisotopic (exact) mass is 371 g/mol. The van der Waals surface area contributed by atoms with Crippen LogP contribution in [0.1, 0.15) is 37.3 Å². The maximum Gasteiger partial charge on any atom is 0.306 e. The third-order valence-corrected chi connectivity index (χ3v) is 5.00. The van der Waals surface area contributed by atoms with Gasteiger partial charge < -0.3 is 4.74 Å². The van der Waals surface area contributed by atoms with E-state index >= 15 is 0 Å². The van der Waals surface area contributed by atoms with Crippen molar-refractivity contribution in [2.75, 3.05) is 19.6 Å². The Balaban J connectivity index is 1.60. The Morgan fingerprint density at radius 3 is 2.29 bits per heavy atom. The molecule has 1 saturated heterocycles. The number of piperidine rings is 1. The molecule has 0 atom stereocenters. The van der Waals surface area contributed by atoms with Gasteiger partial charge >= 0.3 is 5.97 Å². The summed E-state index contributed by atoms with van der Waals surface area (Å²) >= 11 is 0. The molecule has 0 aliphatic carbocycles. The first kappa shape index (κ1) is 19.7. The van der Waals surface area contributed by atoms with Crippen LogP contribution in [0.15, 0.2) is 60.7 Å². The number of carbonyl (C=O) groups is 1. The second kappa shape index (κ2) is 9.79. The molecule has 0 radical (unpaired) electrons. The SMILES string of the molecule is CCC(=O)OC1(c2ccccc2)CCN(CC#CC#Cc2ccccc2)CC1. The molecule has 142 valence electrons. The molecule has 0 spiro atoms. The van der Waals surface area contributed by atoms with Gasteiger partial charge in [0.1, 0.15) is 5.60 Å². The fourth-order valence-corrected chi connectivity index (χ4v) is 3.37. The van der Waals surface area contributed by atoms with Gasteiger partial charge in [0.15, 0.2) is 0 Å². The highest BCUT2D eigenvalue weighted by Gasteiger charge is 2.39. The number of carbonyl (C=O) groups excluding carboxylic acids is 1. The van der Waals surface area contributed by atoms with Gasteiger partial charge in [0.05, 0.1) is 6.54 Å². The molecule has 1 aliphatic rings. The standard InChI is InChI=1S/C25H25NO2/c1-2-24(27)28-25(23-15-9-4-10-16-23)17-20-26(21-18-25)19-11-5-8-14-22-12-6-3-7-13-22/h3-4,6-7,9-10,12-13,15-16H,2,17-21H2,1H3. The minimum atomic E-state index is -0.522. The molecule has 1 aliphatic heterocycles. The highest BCUT2D eigenvalue weighted by Crippen LogP contribution is 2.37. The van der Waals surface area contributed by atoms with Crippen molar-refractivity contribution >= 4 is 5.97 Å². The predicted octanol–water partition coefficient (Wildman–Crippen LogP) is 3.99. The number of esters is 1. The molecule has 0 N–H and O–H groups in total. The molecular weight excluding hydrogens is 346 g/mol. The second-order valence-corrected chi connectivity index (χ2v) is 6.88. The summed E-state index contributed by atoms with van der Waals surface area (Å²) < 4.78 is 5.93. The first-order valence-corrected chi connectivity index (χ1v) is 9.75. The zero-order valence-corrected chi connectivity index (χ0v) is 16.3. The average Bonchev–Trinajstić information content (AvgIpc) is 2.76. The van der Waals surface area contributed by atoms with Crippen molar-refractivity contribution in [1.82, 2.24) is 4.90 Å². The lowest BCUT2D eigenvalue weighted by atomic mass is 9.84. The summed E-state index contributed by atoms with van der Waals surface area (Å²) in [6.45, 7) is 4.19. The largest absolute Gasteiger partial charge is 0.454 e. The predicted molar refractivity (Wildman–Crippen MR) is 111 cm³/mol. The summed E-state index contributed by atoms with van der Waals surface area (Å²) in [7, 11) is 0. The first-order chi connectivity index (χ1) is 13.7. The van der Waals surface area contributed by atoms with Crippen molar-refractivity contribution in [2.24, 2.45) is 0 Å². The van der Waals surface area contributed by atoms with Crippen LogP contribution in [-0.2, 0) is 15.1 Å². The lowest BCUT2D eigenvalue weighted by Gasteiger charge is -2.41. The number of nitrogens with zero attached hydrogens (tertiary/aromatic N) is 1. The van der Waals surface area contributed by atoms with E-state index in [4.69, 9.17) is 4.74 Å². The van der Waals surface area contributed by atoms with Gasteiger partial charge in [-0.15, -0.1) is 0 Å². The molecular formula is C25H25NO2. The van der Waals surface area contributed by atoms with Crippen LogP contribution < -0.4 is 0 Å². The van der Waals surface area contributed by atoms with Gasteiger partial charge in [0.2, 0.25) is 0 Å². The Morgan fingerprint density at radius 2 is 1.64 bits per heavy atom. The molecule has 0 aromatic heterocycles. The van der Waals surface area contributed by atoms with Crippen LogP contribution in [0.2, 0.25) is 0 Å². The van der Waals surface area contributed by atoms with Gasteiger partial charge in [-0.1, -0.05) is 67.3 Å². The molecule has 2 aromatic rings. The van der Waals surface area contributed by atoms with E-state index in [1.165, 1.54) is 0 Å². The van der Waals surface area contributed by atoms with Gasteiger partial charge in [-0.25, -0.2) is 0 Å². The molecule has 1 heterocycles. The fourth-order valence-electron chi connectivity index (χ4n) is 3.37. The van der Waals surface area contributed by atoms with E-state index in [2.05, 4.69) is 40.7 Å². The van der Waals surface area contributed by atoms with Crippen molar-refractivity contribution in [1.29, 1.82) is 0 Å². The van der Waals surface area contributed by atoms with Gasteiger partial charge in [0, 0.05) is 37.9 Å². The number of hydrogen-bond donors (Lipinski definition) is 0. The smallest absolute Gasteiger partial charge is 0.306 e. The van der Waals surface area contributed by atoms with E-state index in [-0.39, 0.29) is 5.97 Å². The number of benzene rings is 2. The van der Waals surface area contributed by atoms with Gasteiger partial charge in [0.25, 0.3) is 0 Å². The number of likely N-dealkylation sites (tertiary alicyclic amines) is 1. The summed E-state index contributed by atoms with van der Waals surface area (Å²) in [5.74, 6) is 11.9. The molecule has 1 fully saturated rings. The molecule has 3 nitrogen and oxygen atoms in total. The van der Waals surface area contributed by atoms with Crippen LogP contribution >= 0.6 is 0 Å². The lowest BCUT2D eigenvalue weighted by Crippen LogP contribution is -2.45. The van der Waals surface area contributed by atoms with Crippen LogP contribution in [0.5, 0.6) is 0 Å². The molecule has 28 heavy (non-hydrogen) atoms. The summed E-state index contributed by atoms with van der Waals surface area (Å²) in [6, 6.07) is 19.9. The van der Waals surface area contributed by atoms with Crippen molar-refractivity contribution < 1.29 is 9.53 Å². The quantitative estimate of drug-likeness (QED) is 0.601. The number of rotatable bonds is 4. The summed E-state index contributed by atoms with van der Waals surface area (Å²) in [5.41, 5.74) is 1.53. The zero-order valence-electron chi connectivity index (χ0n) is 16.3. The third-order valence-electron chi connectivity index (χ3n) is 5.00. The molecule has 3 rings (SSSR count). The molecule has 0 amide bonds. The van der Waals surface area contributed by atoms with Crippen molar-refractivity contribution in [3.05, 3.63) is 71.8 Å². The molecule has 0 bridgehead atoms. The normalized spacial score (nSPS) is 15.5. The third kappa shape index (κ3) is 5.26. The van der Waals surface area contributed by atoms with E-state index in [0.29, 0.717) is 13.0 Å². The second-order valence-electron chi connectivity index (χ2n) is 6.88. The van der Waals surface area contributed by atoms with E-state index in [1.807, 2.05) is 55.5 Å². The van der Waals surface area contributed by atoms with Gasteiger partial charge in [-0.3, -0.25) is 9.69 Å². The van der Waals surface area contributed by atoms with Crippen molar-refractivity contribution in [2.45, 2.75) is 31.8 Å². The molecule has 0 saturated carbocycles. The lowest BCUT2D eigenvalue weighted by molar-refractivity contribution is -0.166. The Morgan fingerprint density at radius 1 is 1.00 bits per heavy atom. The highest BCUT2D eigenvalue weighted by molar-refractivity contribution is 5.69. The number of hydrogen-bond acceptors (Lipinski definition) is 3.